The van der Waals surface area contributed by atoms with E-state index in [0.29, 0.717) is 5.69 Å². The van der Waals surface area contributed by atoms with Crippen LogP contribution in [-0.4, -0.2) is 34.6 Å². The number of hydrogen-bond donors (Lipinski definition) is 1. The summed E-state index contributed by atoms with van der Waals surface area (Å²) in [5, 5.41) is 0. The van der Waals surface area contributed by atoms with Gasteiger partial charge in [-0.05, 0) is 18.2 Å². The lowest BCUT2D eigenvalue weighted by Gasteiger charge is -2.04. The third kappa shape index (κ3) is 3.82. The van der Waals surface area contributed by atoms with Gasteiger partial charge in [-0.25, -0.2) is 16.8 Å². The molecule has 0 atom stereocenters. The van der Waals surface area contributed by atoms with Crippen LogP contribution in [0, 0.1) is 0 Å². The second kappa shape index (κ2) is 4.42. The summed E-state index contributed by atoms with van der Waals surface area (Å²) in [7, 11) is -6.86. The lowest BCUT2D eigenvalue weighted by Crippen LogP contribution is -2.16. The Morgan fingerprint density at radius 3 is 2.25 bits per heavy atom. The zero-order chi connectivity index (χ0) is 12.4. The molecule has 0 saturated carbocycles. The highest BCUT2D eigenvalue weighted by Gasteiger charge is 2.17. The molecule has 16 heavy (non-hydrogen) atoms. The molecule has 0 bridgehead atoms. The average molecular weight is 263 g/mol. The third-order valence-corrected chi connectivity index (χ3v) is 4.86. The summed E-state index contributed by atoms with van der Waals surface area (Å²) in [5.74, 6) is -0.806. The Hall–Kier alpha value is -1.08. The van der Waals surface area contributed by atoms with Crippen LogP contribution >= 0.6 is 0 Å². The van der Waals surface area contributed by atoms with E-state index >= 15 is 0 Å². The van der Waals surface area contributed by atoms with Crippen LogP contribution in [0.15, 0.2) is 29.2 Å². The molecule has 0 aliphatic rings. The molecule has 0 aliphatic heterocycles. The Labute approximate surface area is 95.1 Å². The van der Waals surface area contributed by atoms with Gasteiger partial charge in [-0.2, -0.15) is 0 Å². The molecule has 0 amide bonds. The minimum Gasteiger partial charge on any atom is -0.399 e. The number of rotatable bonds is 4. The van der Waals surface area contributed by atoms with Crippen molar-refractivity contribution in [3.05, 3.63) is 24.3 Å². The summed E-state index contributed by atoms with van der Waals surface area (Å²) in [5.41, 5.74) is 5.79. The minimum absolute atomic E-state index is 0.0520. The van der Waals surface area contributed by atoms with Gasteiger partial charge in [0.15, 0.2) is 9.84 Å². The molecule has 5 nitrogen and oxygen atoms in total. The van der Waals surface area contributed by atoms with Gasteiger partial charge in [0.05, 0.1) is 16.4 Å². The number of benzene rings is 1. The first kappa shape index (κ1) is 13.0. The van der Waals surface area contributed by atoms with Crippen LogP contribution in [0.1, 0.15) is 0 Å². The number of hydrogen-bond acceptors (Lipinski definition) is 5. The molecule has 0 radical (unpaired) electrons. The van der Waals surface area contributed by atoms with E-state index < -0.39 is 25.4 Å². The van der Waals surface area contributed by atoms with E-state index in [1.54, 1.807) is 6.07 Å². The predicted octanol–water partition coefficient (Wildman–Crippen LogP) is 0.0871. The first-order chi connectivity index (χ1) is 7.21. The topological polar surface area (TPSA) is 94.3 Å². The molecule has 2 N–H and O–H groups in total. The molecule has 1 aromatic carbocycles. The highest BCUT2D eigenvalue weighted by atomic mass is 32.2. The molecule has 0 saturated heterocycles. The van der Waals surface area contributed by atoms with E-state index in [1.807, 2.05) is 0 Å². The van der Waals surface area contributed by atoms with Crippen molar-refractivity contribution in [1.29, 1.82) is 0 Å². The number of nitrogen functional groups attached to an aromatic ring is 1. The molecule has 0 fully saturated rings. The molecule has 0 aromatic heterocycles. The summed E-state index contributed by atoms with van der Waals surface area (Å²) in [6, 6.07) is 5.80. The van der Waals surface area contributed by atoms with E-state index in [-0.39, 0.29) is 10.6 Å². The zero-order valence-corrected chi connectivity index (χ0v) is 10.4. The Bertz CT molecular complexity index is 575. The zero-order valence-electron chi connectivity index (χ0n) is 8.75. The monoisotopic (exact) mass is 263 g/mol. The van der Waals surface area contributed by atoms with E-state index in [0.717, 1.165) is 6.26 Å². The quantitative estimate of drug-likeness (QED) is 0.777. The lowest BCUT2D eigenvalue weighted by atomic mass is 10.3. The van der Waals surface area contributed by atoms with Gasteiger partial charge in [-0.3, -0.25) is 0 Å². The van der Waals surface area contributed by atoms with E-state index in [1.165, 1.54) is 18.2 Å². The van der Waals surface area contributed by atoms with Gasteiger partial charge < -0.3 is 5.73 Å². The van der Waals surface area contributed by atoms with Gasteiger partial charge in [-0.1, -0.05) is 6.07 Å². The van der Waals surface area contributed by atoms with Crippen LogP contribution in [0.3, 0.4) is 0 Å². The third-order valence-electron chi connectivity index (χ3n) is 1.94. The van der Waals surface area contributed by atoms with E-state index in [9.17, 15) is 16.8 Å². The molecule has 1 rings (SSSR count). The number of anilines is 1. The van der Waals surface area contributed by atoms with Crippen LogP contribution in [0.2, 0.25) is 0 Å². The van der Waals surface area contributed by atoms with E-state index in [4.69, 9.17) is 5.73 Å². The van der Waals surface area contributed by atoms with E-state index in [2.05, 4.69) is 0 Å². The Kier molecular flexibility index (Phi) is 3.59. The van der Waals surface area contributed by atoms with Gasteiger partial charge in [0.2, 0.25) is 0 Å². The highest BCUT2D eigenvalue weighted by Crippen LogP contribution is 2.14. The largest absolute Gasteiger partial charge is 0.399 e. The normalized spacial score (nSPS) is 12.6. The summed E-state index contributed by atoms with van der Waals surface area (Å²) < 4.78 is 45.2. The molecule has 0 unspecified atom stereocenters. The van der Waals surface area contributed by atoms with Crippen molar-refractivity contribution in [2.24, 2.45) is 0 Å². The van der Waals surface area contributed by atoms with Crippen LogP contribution in [-0.2, 0) is 19.7 Å². The fraction of sp³-hybridized carbons (Fsp3) is 0.333. The maximum absolute atomic E-state index is 11.7. The summed E-state index contributed by atoms with van der Waals surface area (Å²) in [6.07, 6.45) is 1.00. The van der Waals surface area contributed by atoms with Crippen LogP contribution in [0.25, 0.3) is 0 Å². The highest BCUT2D eigenvalue weighted by molar-refractivity contribution is 7.94. The van der Waals surface area contributed by atoms with Crippen molar-refractivity contribution in [2.45, 2.75) is 4.90 Å². The lowest BCUT2D eigenvalue weighted by molar-refractivity contribution is 0.590. The molecule has 90 valence electrons. The summed E-state index contributed by atoms with van der Waals surface area (Å²) in [6.45, 7) is 0. The number of sulfone groups is 2. The van der Waals surface area contributed by atoms with Crippen molar-refractivity contribution in [3.63, 3.8) is 0 Å². The average Bonchev–Trinajstić information content (AvgIpc) is 2.14. The molecule has 1 aromatic rings. The second-order valence-electron chi connectivity index (χ2n) is 3.52. The SMILES string of the molecule is CS(=O)(=O)CCS(=O)(=O)c1cccc(N)c1. The van der Waals surface area contributed by atoms with Gasteiger partial charge in [0.1, 0.15) is 9.84 Å². The van der Waals surface area contributed by atoms with Gasteiger partial charge in [-0.15, -0.1) is 0 Å². The van der Waals surface area contributed by atoms with Gasteiger partial charge in [0, 0.05) is 11.9 Å². The van der Waals surface area contributed by atoms with Crippen molar-refractivity contribution in [3.8, 4) is 0 Å². The molecule has 0 spiro atoms. The first-order valence-corrected chi connectivity index (χ1v) is 8.18. The molecular weight excluding hydrogens is 250 g/mol. The minimum atomic E-state index is -3.58. The fourth-order valence-electron chi connectivity index (χ4n) is 1.09. The molecular formula is C9H13NO4S2. The summed E-state index contributed by atoms with van der Waals surface area (Å²) >= 11 is 0. The fourth-order valence-corrected chi connectivity index (χ4v) is 4.01. The number of nitrogens with two attached hydrogens (primary N) is 1. The van der Waals surface area contributed by atoms with Crippen LogP contribution < -0.4 is 5.73 Å². The maximum atomic E-state index is 11.7. The van der Waals surface area contributed by atoms with Crippen LogP contribution in [0.5, 0.6) is 0 Å². The Morgan fingerprint density at radius 2 is 1.75 bits per heavy atom. The Balaban J connectivity index is 2.95. The maximum Gasteiger partial charge on any atom is 0.179 e. The summed E-state index contributed by atoms with van der Waals surface area (Å²) in [4.78, 5) is 0.0520. The molecule has 0 heterocycles. The predicted molar refractivity (Wildman–Crippen MR) is 62.6 cm³/mol. The van der Waals surface area contributed by atoms with Crippen molar-refractivity contribution in [2.75, 3.05) is 23.5 Å². The van der Waals surface area contributed by atoms with Crippen molar-refractivity contribution >= 4 is 25.4 Å². The van der Waals surface area contributed by atoms with Crippen molar-refractivity contribution in [1.82, 2.24) is 0 Å². The molecule has 0 aliphatic carbocycles. The smallest absolute Gasteiger partial charge is 0.179 e. The van der Waals surface area contributed by atoms with Gasteiger partial charge >= 0.3 is 0 Å². The second-order valence-corrected chi connectivity index (χ2v) is 7.89. The molecule has 7 heteroatoms. The Morgan fingerprint density at radius 1 is 1.12 bits per heavy atom. The van der Waals surface area contributed by atoms with Crippen LogP contribution in [0.4, 0.5) is 5.69 Å². The standard InChI is InChI=1S/C9H13NO4S2/c1-15(11,12)5-6-16(13,14)9-4-2-3-8(10)7-9/h2-4,7H,5-6,10H2,1H3. The first-order valence-electron chi connectivity index (χ1n) is 4.47. The van der Waals surface area contributed by atoms with Gasteiger partial charge in [0.25, 0.3) is 0 Å². The van der Waals surface area contributed by atoms with Crippen molar-refractivity contribution < 1.29 is 16.8 Å².